The highest BCUT2D eigenvalue weighted by Crippen LogP contribution is 2.49. The molecule has 0 unspecified atom stereocenters. The van der Waals surface area contributed by atoms with Gasteiger partial charge in [-0.05, 0) is 25.0 Å². The standard InChI is InChI=1S/C19H24O7/c1-10(14-15(21)26-9-18(14,3)4)12-7-19(16(22)24-5,17(23)25-6)8-13(12)11(2)20/h7-9H2,1-6H3/b14-10+. The van der Waals surface area contributed by atoms with Crippen LogP contribution in [-0.2, 0) is 33.4 Å². The predicted octanol–water partition coefficient (Wildman–Crippen LogP) is 1.90. The van der Waals surface area contributed by atoms with Gasteiger partial charge < -0.3 is 14.2 Å². The molecular formula is C19H24O7. The topological polar surface area (TPSA) is 96.0 Å². The fourth-order valence-corrected chi connectivity index (χ4v) is 3.82. The van der Waals surface area contributed by atoms with Crippen LogP contribution in [-0.4, -0.2) is 44.5 Å². The van der Waals surface area contributed by atoms with Gasteiger partial charge in [-0.2, -0.15) is 0 Å². The summed E-state index contributed by atoms with van der Waals surface area (Å²) in [5.41, 5.74) is -0.280. The van der Waals surface area contributed by atoms with Crippen LogP contribution in [0.15, 0.2) is 22.3 Å². The molecule has 2 aliphatic rings. The Hall–Kier alpha value is -2.44. The molecule has 0 aromatic heterocycles. The van der Waals surface area contributed by atoms with Crippen molar-refractivity contribution in [1.29, 1.82) is 0 Å². The lowest BCUT2D eigenvalue weighted by Gasteiger charge is -2.24. The van der Waals surface area contributed by atoms with E-state index >= 15 is 0 Å². The zero-order valence-electron chi connectivity index (χ0n) is 16.0. The predicted molar refractivity (Wildman–Crippen MR) is 90.8 cm³/mol. The average molecular weight is 364 g/mol. The van der Waals surface area contributed by atoms with Crippen LogP contribution in [0.25, 0.3) is 0 Å². The largest absolute Gasteiger partial charge is 0.468 e. The van der Waals surface area contributed by atoms with Gasteiger partial charge in [-0.3, -0.25) is 14.4 Å². The molecule has 0 amide bonds. The van der Waals surface area contributed by atoms with Gasteiger partial charge in [0.15, 0.2) is 11.2 Å². The van der Waals surface area contributed by atoms with Gasteiger partial charge in [0.1, 0.15) is 6.61 Å². The summed E-state index contributed by atoms with van der Waals surface area (Å²) < 4.78 is 14.8. The van der Waals surface area contributed by atoms with Gasteiger partial charge in [0.2, 0.25) is 0 Å². The number of esters is 3. The van der Waals surface area contributed by atoms with Crippen molar-refractivity contribution in [2.75, 3.05) is 20.8 Å². The number of hydrogen-bond donors (Lipinski definition) is 0. The fraction of sp³-hybridized carbons (Fsp3) is 0.579. The summed E-state index contributed by atoms with van der Waals surface area (Å²) in [4.78, 5) is 49.3. The van der Waals surface area contributed by atoms with Gasteiger partial charge >= 0.3 is 17.9 Å². The van der Waals surface area contributed by atoms with Gasteiger partial charge in [0, 0.05) is 29.4 Å². The molecule has 0 bridgehead atoms. The van der Waals surface area contributed by atoms with Crippen molar-refractivity contribution in [3.63, 3.8) is 0 Å². The lowest BCUT2D eigenvalue weighted by molar-refractivity contribution is -0.168. The maximum atomic E-state index is 12.4. The lowest BCUT2D eigenvalue weighted by atomic mass is 9.79. The van der Waals surface area contributed by atoms with E-state index in [-0.39, 0.29) is 25.2 Å². The SMILES string of the molecule is COC(=O)C1(C(=O)OC)CC(C(C)=O)=C(/C(C)=C2\C(=O)OCC2(C)C)C1. The Kier molecular flexibility index (Phi) is 5.12. The second-order valence-electron chi connectivity index (χ2n) is 7.39. The van der Waals surface area contributed by atoms with E-state index in [1.165, 1.54) is 21.1 Å². The molecule has 7 heteroatoms. The maximum Gasteiger partial charge on any atom is 0.334 e. The van der Waals surface area contributed by atoms with Crippen LogP contribution >= 0.6 is 0 Å². The van der Waals surface area contributed by atoms with Crippen molar-refractivity contribution >= 4 is 23.7 Å². The first kappa shape index (κ1) is 19.9. The summed E-state index contributed by atoms with van der Waals surface area (Å²) in [6.07, 6.45) is -0.170. The average Bonchev–Trinajstić information content (AvgIpc) is 3.12. The van der Waals surface area contributed by atoms with Crippen molar-refractivity contribution in [1.82, 2.24) is 0 Å². The van der Waals surface area contributed by atoms with Crippen molar-refractivity contribution in [2.45, 2.75) is 40.5 Å². The second-order valence-corrected chi connectivity index (χ2v) is 7.39. The molecular weight excluding hydrogens is 340 g/mol. The van der Waals surface area contributed by atoms with Crippen molar-refractivity contribution in [2.24, 2.45) is 10.8 Å². The Balaban J connectivity index is 2.64. The Morgan fingerprint density at radius 2 is 1.46 bits per heavy atom. The number of cyclic esters (lactones) is 1. The van der Waals surface area contributed by atoms with Crippen LogP contribution in [0.3, 0.4) is 0 Å². The highest BCUT2D eigenvalue weighted by atomic mass is 16.5. The monoisotopic (exact) mass is 364 g/mol. The molecule has 26 heavy (non-hydrogen) atoms. The molecule has 1 fully saturated rings. The molecule has 0 N–H and O–H groups in total. The highest BCUT2D eigenvalue weighted by Gasteiger charge is 2.55. The molecule has 2 rings (SSSR count). The van der Waals surface area contributed by atoms with E-state index < -0.39 is 28.7 Å². The Labute approximate surface area is 152 Å². The van der Waals surface area contributed by atoms with E-state index in [2.05, 4.69) is 0 Å². The van der Waals surface area contributed by atoms with Crippen LogP contribution in [0.1, 0.15) is 40.5 Å². The van der Waals surface area contributed by atoms with Crippen LogP contribution in [0, 0.1) is 10.8 Å². The van der Waals surface area contributed by atoms with E-state index in [1.54, 1.807) is 6.92 Å². The molecule has 0 radical (unpaired) electrons. The van der Waals surface area contributed by atoms with Crippen molar-refractivity contribution < 1.29 is 33.4 Å². The van der Waals surface area contributed by atoms with Crippen LogP contribution < -0.4 is 0 Å². The van der Waals surface area contributed by atoms with E-state index in [0.717, 1.165) is 0 Å². The number of carbonyl (C=O) groups excluding carboxylic acids is 4. The number of carbonyl (C=O) groups is 4. The highest BCUT2D eigenvalue weighted by molar-refractivity contribution is 6.06. The minimum absolute atomic E-state index is 0.0556. The maximum absolute atomic E-state index is 12.4. The zero-order valence-corrected chi connectivity index (χ0v) is 16.0. The molecule has 1 aliphatic carbocycles. The molecule has 142 valence electrons. The third kappa shape index (κ3) is 2.95. The third-order valence-corrected chi connectivity index (χ3v) is 5.17. The van der Waals surface area contributed by atoms with Crippen LogP contribution in [0.4, 0.5) is 0 Å². The van der Waals surface area contributed by atoms with Gasteiger partial charge in [-0.25, -0.2) is 4.79 Å². The van der Waals surface area contributed by atoms with E-state index in [9.17, 15) is 19.2 Å². The van der Waals surface area contributed by atoms with Gasteiger partial charge in [0.25, 0.3) is 0 Å². The molecule has 0 saturated carbocycles. The summed E-state index contributed by atoms with van der Waals surface area (Å²) >= 11 is 0. The van der Waals surface area contributed by atoms with Gasteiger partial charge in [-0.1, -0.05) is 13.8 Å². The van der Waals surface area contributed by atoms with Crippen molar-refractivity contribution in [3.05, 3.63) is 22.3 Å². The number of allylic oxidation sites excluding steroid dienone is 3. The minimum atomic E-state index is -1.62. The molecule has 1 aliphatic heterocycles. The summed E-state index contributed by atoms with van der Waals surface area (Å²) in [5.74, 6) is -2.23. The normalized spacial score (nSPS) is 22.8. The molecule has 0 spiro atoms. The number of ketones is 1. The molecule has 0 aromatic carbocycles. The van der Waals surface area contributed by atoms with Gasteiger partial charge in [-0.15, -0.1) is 0 Å². The summed E-state index contributed by atoms with van der Waals surface area (Å²) in [6.45, 7) is 7.06. The Morgan fingerprint density at radius 3 is 1.85 bits per heavy atom. The van der Waals surface area contributed by atoms with E-state index in [4.69, 9.17) is 14.2 Å². The molecule has 1 saturated heterocycles. The minimum Gasteiger partial charge on any atom is -0.468 e. The Bertz CT molecular complexity index is 736. The van der Waals surface area contributed by atoms with Crippen LogP contribution in [0.5, 0.6) is 0 Å². The first-order valence-electron chi connectivity index (χ1n) is 8.30. The smallest absolute Gasteiger partial charge is 0.334 e. The molecule has 0 atom stereocenters. The number of Topliss-reactive ketones (excluding diaryl/α,β-unsaturated/α-hetero) is 1. The third-order valence-electron chi connectivity index (χ3n) is 5.17. The quantitative estimate of drug-likeness (QED) is 0.325. The van der Waals surface area contributed by atoms with E-state index in [1.807, 2.05) is 13.8 Å². The molecule has 1 heterocycles. The lowest BCUT2D eigenvalue weighted by Crippen LogP contribution is -2.39. The first-order valence-corrected chi connectivity index (χ1v) is 8.30. The molecule has 7 nitrogen and oxygen atoms in total. The summed E-state index contributed by atoms with van der Waals surface area (Å²) in [7, 11) is 2.36. The summed E-state index contributed by atoms with van der Waals surface area (Å²) in [6, 6.07) is 0. The number of hydrogen-bond acceptors (Lipinski definition) is 7. The first-order chi connectivity index (χ1) is 12.0. The van der Waals surface area contributed by atoms with Crippen molar-refractivity contribution in [3.8, 4) is 0 Å². The van der Waals surface area contributed by atoms with Crippen LogP contribution in [0.2, 0.25) is 0 Å². The fourth-order valence-electron chi connectivity index (χ4n) is 3.82. The zero-order chi connectivity index (χ0) is 19.9. The Morgan fingerprint density at radius 1 is 0.962 bits per heavy atom. The van der Waals surface area contributed by atoms with Gasteiger partial charge in [0.05, 0.1) is 14.2 Å². The number of rotatable bonds is 4. The van der Waals surface area contributed by atoms with E-state index in [0.29, 0.717) is 22.3 Å². The summed E-state index contributed by atoms with van der Waals surface area (Å²) in [5, 5.41) is 0. The number of methoxy groups -OCH3 is 2. The second kappa shape index (κ2) is 6.70. The molecule has 0 aromatic rings. The number of ether oxygens (including phenoxy) is 3.